The fourth-order valence-corrected chi connectivity index (χ4v) is 2.45. The maximum Gasteiger partial charge on any atom is 0.187 e. The molecule has 2 aliphatic rings. The average molecular weight is 310 g/mol. The SMILES string of the molecule is C[C@@H]1O[C@H](O[C@@H]2[C@H](O)[C@@H](O)[C@H](C)O[C@H]2O)[C@H](O)[C@H](O)[C@H]1O. The molecule has 0 aromatic carbocycles. The van der Waals surface area contributed by atoms with Gasteiger partial charge in [-0.15, -0.1) is 0 Å². The van der Waals surface area contributed by atoms with Gasteiger partial charge in [-0.05, 0) is 13.8 Å². The zero-order chi connectivity index (χ0) is 15.9. The highest BCUT2D eigenvalue weighted by molar-refractivity contribution is 4.91. The minimum atomic E-state index is -1.58. The third-order valence-corrected chi connectivity index (χ3v) is 3.90. The van der Waals surface area contributed by atoms with Crippen molar-refractivity contribution in [1.29, 1.82) is 0 Å². The van der Waals surface area contributed by atoms with Gasteiger partial charge in [-0.25, -0.2) is 0 Å². The van der Waals surface area contributed by atoms with Crippen molar-refractivity contribution in [2.24, 2.45) is 0 Å². The van der Waals surface area contributed by atoms with Crippen LogP contribution in [0.3, 0.4) is 0 Å². The van der Waals surface area contributed by atoms with Crippen LogP contribution in [-0.2, 0) is 14.2 Å². The molecule has 0 spiro atoms. The van der Waals surface area contributed by atoms with Crippen LogP contribution in [0.4, 0.5) is 0 Å². The summed E-state index contributed by atoms with van der Waals surface area (Å²) in [6, 6.07) is 0. The molecule has 6 N–H and O–H groups in total. The van der Waals surface area contributed by atoms with Gasteiger partial charge in [0.05, 0.1) is 12.2 Å². The lowest BCUT2D eigenvalue weighted by Gasteiger charge is -2.44. The van der Waals surface area contributed by atoms with Gasteiger partial charge in [0.2, 0.25) is 0 Å². The molecule has 2 fully saturated rings. The van der Waals surface area contributed by atoms with Gasteiger partial charge >= 0.3 is 0 Å². The number of ether oxygens (including phenoxy) is 3. The van der Waals surface area contributed by atoms with Crippen LogP contribution >= 0.6 is 0 Å². The second-order valence-corrected chi connectivity index (χ2v) is 5.50. The normalized spacial score (nSPS) is 55.4. The number of rotatable bonds is 2. The Morgan fingerprint density at radius 2 is 1.19 bits per heavy atom. The Balaban J connectivity index is 2.06. The van der Waals surface area contributed by atoms with Crippen molar-refractivity contribution in [1.82, 2.24) is 0 Å². The monoisotopic (exact) mass is 310 g/mol. The number of aliphatic hydroxyl groups is 6. The van der Waals surface area contributed by atoms with Gasteiger partial charge < -0.3 is 44.8 Å². The van der Waals surface area contributed by atoms with Crippen LogP contribution in [0.25, 0.3) is 0 Å². The molecular weight excluding hydrogens is 288 g/mol. The molecule has 10 atom stereocenters. The first-order chi connectivity index (χ1) is 9.73. The van der Waals surface area contributed by atoms with Gasteiger partial charge in [0.15, 0.2) is 12.6 Å². The molecule has 124 valence electrons. The Morgan fingerprint density at radius 3 is 1.81 bits per heavy atom. The molecule has 2 heterocycles. The molecule has 0 aromatic heterocycles. The standard InChI is InChI=1S/C12H22O9/c1-3-6(14)8(16)10(11(18)19-3)21-12-9(17)7(15)5(13)4(2)20-12/h3-18H,1-2H3/t3-,4-,5-,6-,7+,8+,9+,10+,11+,12+/m0/s1. The first-order valence-electron chi connectivity index (χ1n) is 6.78. The molecular formula is C12H22O9. The van der Waals surface area contributed by atoms with Crippen LogP contribution in [0.2, 0.25) is 0 Å². The second kappa shape index (κ2) is 6.41. The van der Waals surface area contributed by atoms with Gasteiger partial charge in [-0.1, -0.05) is 0 Å². The molecule has 0 unspecified atom stereocenters. The molecule has 2 saturated heterocycles. The van der Waals surface area contributed by atoms with Crippen LogP contribution in [0.5, 0.6) is 0 Å². The maximum absolute atomic E-state index is 9.91. The number of aliphatic hydroxyl groups excluding tert-OH is 6. The minimum absolute atomic E-state index is 0.793. The molecule has 21 heavy (non-hydrogen) atoms. The fourth-order valence-electron chi connectivity index (χ4n) is 2.45. The zero-order valence-electron chi connectivity index (χ0n) is 11.7. The van der Waals surface area contributed by atoms with E-state index in [0.29, 0.717) is 0 Å². The van der Waals surface area contributed by atoms with E-state index in [1.807, 2.05) is 0 Å². The van der Waals surface area contributed by atoms with E-state index in [2.05, 4.69) is 0 Å². The van der Waals surface area contributed by atoms with Crippen molar-refractivity contribution >= 4 is 0 Å². The Morgan fingerprint density at radius 1 is 0.667 bits per heavy atom. The zero-order valence-corrected chi connectivity index (χ0v) is 11.7. The Kier molecular flexibility index (Phi) is 5.19. The lowest BCUT2D eigenvalue weighted by atomic mass is 9.98. The third-order valence-electron chi connectivity index (χ3n) is 3.90. The largest absolute Gasteiger partial charge is 0.388 e. The van der Waals surface area contributed by atoms with E-state index in [1.165, 1.54) is 13.8 Å². The summed E-state index contributed by atoms with van der Waals surface area (Å²) in [6.45, 7) is 2.94. The third kappa shape index (κ3) is 3.21. The van der Waals surface area contributed by atoms with E-state index in [4.69, 9.17) is 14.2 Å². The Labute approximate surface area is 121 Å². The smallest absolute Gasteiger partial charge is 0.187 e. The van der Waals surface area contributed by atoms with Gasteiger partial charge in [-0.3, -0.25) is 0 Å². The van der Waals surface area contributed by atoms with E-state index in [1.54, 1.807) is 0 Å². The second-order valence-electron chi connectivity index (χ2n) is 5.50. The van der Waals surface area contributed by atoms with E-state index >= 15 is 0 Å². The molecule has 2 rings (SSSR count). The Bertz CT molecular complexity index is 354. The van der Waals surface area contributed by atoms with Crippen LogP contribution in [-0.4, -0.2) is 92.1 Å². The molecule has 2 aliphatic heterocycles. The first kappa shape index (κ1) is 17.0. The van der Waals surface area contributed by atoms with Crippen molar-refractivity contribution in [2.45, 2.75) is 75.3 Å². The van der Waals surface area contributed by atoms with Crippen molar-refractivity contribution in [3.8, 4) is 0 Å². The minimum Gasteiger partial charge on any atom is -0.388 e. The summed E-state index contributed by atoms with van der Waals surface area (Å²) in [5.41, 5.74) is 0. The number of hydrogen-bond donors (Lipinski definition) is 6. The molecule has 9 heteroatoms. The maximum atomic E-state index is 9.91. The quantitative estimate of drug-likeness (QED) is 0.308. The van der Waals surface area contributed by atoms with Crippen molar-refractivity contribution < 1.29 is 44.8 Å². The van der Waals surface area contributed by atoms with Crippen LogP contribution in [0.1, 0.15) is 13.8 Å². The van der Waals surface area contributed by atoms with Crippen LogP contribution < -0.4 is 0 Å². The summed E-state index contributed by atoms with van der Waals surface area (Å²) >= 11 is 0. The molecule has 0 aliphatic carbocycles. The predicted molar refractivity (Wildman–Crippen MR) is 65.8 cm³/mol. The van der Waals surface area contributed by atoms with E-state index in [0.717, 1.165) is 0 Å². The van der Waals surface area contributed by atoms with Gasteiger partial charge in [-0.2, -0.15) is 0 Å². The highest BCUT2D eigenvalue weighted by Gasteiger charge is 2.48. The first-order valence-corrected chi connectivity index (χ1v) is 6.78. The van der Waals surface area contributed by atoms with Crippen LogP contribution in [0.15, 0.2) is 0 Å². The van der Waals surface area contributed by atoms with Gasteiger partial charge in [0.1, 0.15) is 36.6 Å². The lowest BCUT2D eigenvalue weighted by Crippen LogP contribution is -2.62. The van der Waals surface area contributed by atoms with Crippen molar-refractivity contribution in [3.63, 3.8) is 0 Å². The van der Waals surface area contributed by atoms with Crippen LogP contribution in [0, 0.1) is 0 Å². The molecule has 0 aromatic rings. The lowest BCUT2D eigenvalue weighted by molar-refractivity contribution is -0.356. The summed E-state index contributed by atoms with van der Waals surface area (Å²) in [6.07, 6.45) is -13.0. The molecule has 9 nitrogen and oxygen atoms in total. The summed E-state index contributed by atoms with van der Waals surface area (Å²) in [5.74, 6) is 0. The van der Waals surface area contributed by atoms with Crippen molar-refractivity contribution in [3.05, 3.63) is 0 Å². The molecule has 0 saturated carbocycles. The summed E-state index contributed by atoms with van der Waals surface area (Å²) in [5, 5.41) is 58.5. The van der Waals surface area contributed by atoms with Gasteiger partial charge in [0, 0.05) is 0 Å². The summed E-state index contributed by atoms with van der Waals surface area (Å²) in [7, 11) is 0. The molecule has 0 bridgehead atoms. The van der Waals surface area contributed by atoms with Crippen molar-refractivity contribution in [2.75, 3.05) is 0 Å². The van der Waals surface area contributed by atoms with Gasteiger partial charge in [0.25, 0.3) is 0 Å². The predicted octanol–water partition coefficient (Wildman–Crippen LogP) is -3.34. The average Bonchev–Trinajstić information content (AvgIpc) is 2.44. The summed E-state index contributed by atoms with van der Waals surface area (Å²) < 4.78 is 15.5. The molecule has 0 radical (unpaired) electrons. The highest BCUT2D eigenvalue weighted by Crippen LogP contribution is 2.28. The van der Waals surface area contributed by atoms with E-state index in [9.17, 15) is 30.6 Å². The highest BCUT2D eigenvalue weighted by atomic mass is 16.7. The van der Waals surface area contributed by atoms with E-state index in [-0.39, 0.29) is 0 Å². The molecule has 0 amide bonds. The topological polar surface area (TPSA) is 149 Å². The summed E-state index contributed by atoms with van der Waals surface area (Å²) in [4.78, 5) is 0. The Hall–Kier alpha value is -0.360. The number of hydrogen-bond acceptors (Lipinski definition) is 9. The fraction of sp³-hybridized carbons (Fsp3) is 1.00. The van der Waals surface area contributed by atoms with E-state index < -0.39 is 61.4 Å².